The van der Waals surface area contributed by atoms with Gasteiger partial charge < -0.3 is 11.1 Å². The van der Waals surface area contributed by atoms with E-state index in [0.717, 1.165) is 18.6 Å². The number of rotatable bonds is 5. The average Bonchev–Trinajstić information content (AvgIpc) is 2.28. The van der Waals surface area contributed by atoms with Gasteiger partial charge in [0.25, 0.3) is 0 Å². The zero-order chi connectivity index (χ0) is 12.9. The maximum absolute atomic E-state index is 12.3. The molecule has 0 spiro atoms. The van der Waals surface area contributed by atoms with Crippen LogP contribution in [0.4, 0.5) is 18.9 Å². The van der Waals surface area contributed by atoms with Gasteiger partial charge >= 0.3 is 6.18 Å². The van der Waals surface area contributed by atoms with E-state index in [-0.39, 0.29) is 0 Å². The summed E-state index contributed by atoms with van der Waals surface area (Å²) in [5.74, 6) is 0.414. The highest BCUT2D eigenvalue weighted by Gasteiger charge is 2.29. The number of nitrogens with two attached hydrogens (primary N) is 1. The predicted molar refractivity (Wildman–Crippen MR) is 62.8 cm³/mol. The lowest BCUT2D eigenvalue weighted by atomic mass is 10.1. The monoisotopic (exact) mass is 246 g/mol. The molecule has 1 unspecified atom stereocenters. The van der Waals surface area contributed by atoms with Gasteiger partial charge in [-0.2, -0.15) is 13.2 Å². The molecule has 0 radical (unpaired) electrons. The van der Waals surface area contributed by atoms with Crippen molar-refractivity contribution < 1.29 is 13.2 Å². The normalized spacial score (nSPS) is 13.5. The smallest absolute Gasteiger partial charge is 0.385 e. The summed E-state index contributed by atoms with van der Waals surface area (Å²) < 4.78 is 36.9. The predicted octanol–water partition coefficient (Wildman–Crippen LogP) is 3.10. The molecule has 0 aliphatic carbocycles. The summed E-state index contributed by atoms with van der Waals surface area (Å²) in [6, 6.07) is 5.04. The molecule has 0 saturated heterocycles. The number of anilines is 1. The van der Waals surface area contributed by atoms with Crippen molar-refractivity contribution in [2.75, 3.05) is 18.4 Å². The molecule has 0 bridgehead atoms. The van der Waals surface area contributed by atoms with Crippen molar-refractivity contribution in [3.05, 3.63) is 29.8 Å². The van der Waals surface area contributed by atoms with E-state index in [2.05, 4.69) is 5.32 Å². The Hall–Kier alpha value is -1.23. The van der Waals surface area contributed by atoms with Gasteiger partial charge in [-0.3, -0.25) is 0 Å². The first-order chi connectivity index (χ1) is 7.93. The molecule has 0 aromatic heterocycles. The molecule has 1 aromatic carbocycles. The van der Waals surface area contributed by atoms with E-state index in [1.54, 1.807) is 0 Å². The Balaban J connectivity index is 2.46. The summed E-state index contributed by atoms with van der Waals surface area (Å²) in [5, 5.41) is 3.07. The fourth-order valence-electron chi connectivity index (χ4n) is 1.36. The van der Waals surface area contributed by atoms with Crippen molar-refractivity contribution in [2.24, 2.45) is 11.7 Å². The number of alkyl halides is 3. The molecule has 0 heterocycles. The first kappa shape index (κ1) is 13.8. The van der Waals surface area contributed by atoms with E-state index < -0.39 is 11.7 Å². The highest BCUT2D eigenvalue weighted by atomic mass is 19.4. The molecule has 1 atom stereocenters. The van der Waals surface area contributed by atoms with E-state index in [4.69, 9.17) is 5.73 Å². The summed E-state index contributed by atoms with van der Waals surface area (Å²) >= 11 is 0. The third kappa shape index (κ3) is 4.65. The van der Waals surface area contributed by atoms with Gasteiger partial charge in [-0.05, 0) is 43.1 Å². The lowest BCUT2D eigenvalue weighted by molar-refractivity contribution is -0.137. The van der Waals surface area contributed by atoms with E-state index >= 15 is 0 Å². The molecule has 5 heteroatoms. The van der Waals surface area contributed by atoms with Crippen LogP contribution in [0.3, 0.4) is 0 Å². The Morgan fingerprint density at radius 1 is 1.24 bits per heavy atom. The van der Waals surface area contributed by atoms with Gasteiger partial charge in [-0.15, -0.1) is 0 Å². The Labute approximate surface area is 99.0 Å². The standard InChI is InChI=1S/C12H17F3N2/c1-9(8-16)6-7-17-11-4-2-10(3-5-11)12(13,14)15/h2-5,9,17H,6-8,16H2,1H3. The fraction of sp³-hybridized carbons (Fsp3) is 0.500. The molecule has 0 aliphatic heterocycles. The van der Waals surface area contributed by atoms with Crippen LogP contribution in [0.25, 0.3) is 0 Å². The lowest BCUT2D eigenvalue weighted by Gasteiger charge is -2.11. The number of nitrogens with one attached hydrogen (secondary N) is 1. The van der Waals surface area contributed by atoms with Crippen molar-refractivity contribution >= 4 is 5.69 Å². The Morgan fingerprint density at radius 2 is 1.82 bits per heavy atom. The largest absolute Gasteiger partial charge is 0.416 e. The van der Waals surface area contributed by atoms with Crippen molar-refractivity contribution in [3.63, 3.8) is 0 Å². The van der Waals surface area contributed by atoms with E-state index in [1.807, 2.05) is 6.92 Å². The van der Waals surface area contributed by atoms with Crippen molar-refractivity contribution in [3.8, 4) is 0 Å². The minimum absolute atomic E-state index is 0.414. The zero-order valence-electron chi connectivity index (χ0n) is 9.72. The average molecular weight is 246 g/mol. The van der Waals surface area contributed by atoms with Gasteiger partial charge in [0.1, 0.15) is 0 Å². The number of benzene rings is 1. The minimum atomic E-state index is -4.27. The van der Waals surface area contributed by atoms with Crippen LogP contribution in [-0.2, 0) is 6.18 Å². The number of halogens is 3. The third-order valence-corrected chi connectivity index (χ3v) is 2.58. The van der Waals surface area contributed by atoms with Crippen molar-refractivity contribution in [2.45, 2.75) is 19.5 Å². The molecule has 0 aliphatic rings. The summed E-state index contributed by atoms with van der Waals surface area (Å²) in [6.45, 7) is 3.37. The first-order valence-electron chi connectivity index (χ1n) is 5.54. The van der Waals surface area contributed by atoms with Gasteiger partial charge in [0.15, 0.2) is 0 Å². The van der Waals surface area contributed by atoms with Crippen molar-refractivity contribution in [1.82, 2.24) is 0 Å². The molecular formula is C12H17F3N2. The second kappa shape index (κ2) is 5.91. The minimum Gasteiger partial charge on any atom is -0.385 e. The van der Waals surface area contributed by atoms with Crippen LogP contribution < -0.4 is 11.1 Å². The molecule has 1 rings (SSSR count). The van der Waals surface area contributed by atoms with Crippen LogP contribution >= 0.6 is 0 Å². The number of hydrogen-bond donors (Lipinski definition) is 2. The molecule has 96 valence electrons. The summed E-state index contributed by atoms with van der Waals surface area (Å²) in [6.07, 6.45) is -3.37. The van der Waals surface area contributed by atoms with Crippen LogP contribution in [0.2, 0.25) is 0 Å². The fourth-order valence-corrected chi connectivity index (χ4v) is 1.36. The highest BCUT2D eigenvalue weighted by molar-refractivity contribution is 5.45. The second-order valence-electron chi connectivity index (χ2n) is 4.13. The van der Waals surface area contributed by atoms with Crippen LogP contribution in [0, 0.1) is 5.92 Å². The quantitative estimate of drug-likeness (QED) is 0.837. The van der Waals surface area contributed by atoms with E-state index in [1.165, 1.54) is 12.1 Å². The summed E-state index contributed by atoms with van der Waals surface area (Å²) in [4.78, 5) is 0. The Morgan fingerprint density at radius 3 is 2.29 bits per heavy atom. The van der Waals surface area contributed by atoms with Crippen LogP contribution in [0.5, 0.6) is 0 Å². The van der Waals surface area contributed by atoms with Gasteiger partial charge in [0.05, 0.1) is 5.56 Å². The molecule has 0 saturated carbocycles. The van der Waals surface area contributed by atoms with E-state index in [0.29, 0.717) is 24.7 Å². The van der Waals surface area contributed by atoms with Crippen LogP contribution in [-0.4, -0.2) is 13.1 Å². The summed E-state index contributed by atoms with van der Waals surface area (Å²) in [5.41, 5.74) is 5.54. The zero-order valence-corrected chi connectivity index (χ0v) is 9.72. The molecule has 3 N–H and O–H groups in total. The Bertz CT molecular complexity index is 333. The first-order valence-corrected chi connectivity index (χ1v) is 5.54. The van der Waals surface area contributed by atoms with E-state index in [9.17, 15) is 13.2 Å². The Kier molecular flexibility index (Phi) is 4.81. The number of hydrogen-bond acceptors (Lipinski definition) is 2. The lowest BCUT2D eigenvalue weighted by Crippen LogP contribution is -2.15. The van der Waals surface area contributed by atoms with Gasteiger partial charge in [-0.1, -0.05) is 6.92 Å². The molecule has 2 nitrogen and oxygen atoms in total. The molecular weight excluding hydrogens is 229 g/mol. The van der Waals surface area contributed by atoms with Gasteiger partial charge in [-0.25, -0.2) is 0 Å². The molecule has 1 aromatic rings. The van der Waals surface area contributed by atoms with Crippen molar-refractivity contribution in [1.29, 1.82) is 0 Å². The molecule has 0 fully saturated rings. The molecule has 17 heavy (non-hydrogen) atoms. The van der Waals surface area contributed by atoms with Crippen LogP contribution in [0.15, 0.2) is 24.3 Å². The highest BCUT2D eigenvalue weighted by Crippen LogP contribution is 2.29. The van der Waals surface area contributed by atoms with Crippen LogP contribution in [0.1, 0.15) is 18.9 Å². The topological polar surface area (TPSA) is 38.0 Å². The maximum atomic E-state index is 12.3. The van der Waals surface area contributed by atoms with Gasteiger partial charge in [0, 0.05) is 12.2 Å². The molecule has 0 amide bonds. The summed E-state index contributed by atoms with van der Waals surface area (Å²) in [7, 11) is 0. The second-order valence-corrected chi connectivity index (χ2v) is 4.13. The SMILES string of the molecule is CC(CN)CCNc1ccc(C(F)(F)F)cc1. The maximum Gasteiger partial charge on any atom is 0.416 e. The third-order valence-electron chi connectivity index (χ3n) is 2.58. The van der Waals surface area contributed by atoms with Gasteiger partial charge in [0.2, 0.25) is 0 Å².